The molecule has 0 saturated carbocycles. The van der Waals surface area contributed by atoms with Gasteiger partial charge in [-0.1, -0.05) is 12.1 Å². The lowest BCUT2D eigenvalue weighted by molar-refractivity contribution is -0.0497. The van der Waals surface area contributed by atoms with E-state index in [0.717, 1.165) is 0 Å². The summed E-state index contributed by atoms with van der Waals surface area (Å²) in [4.78, 5) is 10.9. The topological polar surface area (TPSA) is 46.5 Å². The average molecular weight is 238 g/mol. The van der Waals surface area contributed by atoms with Crippen molar-refractivity contribution >= 4 is 16.7 Å². The van der Waals surface area contributed by atoms with Gasteiger partial charge in [0.05, 0.1) is 5.56 Å². The molecule has 0 radical (unpaired) electrons. The van der Waals surface area contributed by atoms with E-state index in [1.165, 1.54) is 24.3 Å². The summed E-state index contributed by atoms with van der Waals surface area (Å²) in [5.74, 6) is -1.05. The summed E-state index contributed by atoms with van der Waals surface area (Å²) >= 11 is 0. The van der Waals surface area contributed by atoms with E-state index in [1.54, 1.807) is 12.1 Å². The van der Waals surface area contributed by atoms with Crippen molar-refractivity contribution in [3.63, 3.8) is 0 Å². The van der Waals surface area contributed by atoms with Gasteiger partial charge >= 0.3 is 12.6 Å². The summed E-state index contributed by atoms with van der Waals surface area (Å²) in [6.07, 6.45) is 0. The number of hydrogen-bond donors (Lipinski definition) is 1. The molecule has 3 nitrogen and oxygen atoms in total. The van der Waals surface area contributed by atoms with Crippen LogP contribution in [0.15, 0.2) is 36.4 Å². The second kappa shape index (κ2) is 4.37. The average Bonchev–Trinajstić information content (AvgIpc) is 2.26. The first kappa shape index (κ1) is 11.3. The van der Waals surface area contributed by atoms with Crippen molar-refractivity contribution in [3.8, 4) is 5.75 Å². The van der Waals surface area contributed by atoms with Crippen LogP contribution in [0.25, 0.3) is 10.8 Å². The van der Waals surface area contributed by atoms with E-state index < -0.39 is 12.6 Å². The van der Waals surface area contributed by atoms with Gasteiger partial charge in [0.2, 0.25) is 0 Å². The Labute approximate surface area is 95.2 Å². The van der Waals surface area contributed by atoms with Crippen LogP contribution in [0.2, 0.25) is 0 Å². The van der Waals surface area contributed by atoms with E-state index in [0.29, 0.717) is 10.8 Å². The Balaban J connectivity index is 2.53. The van der Waals surface area contributed by atoms with Crippen molar-refractivity contribution in [2.75, 3.05) is 0 Å². The maximum absolute atomic E-state index is 12.0. The van der Waals surface area contributed by atoms with Gasteiger partial charge < -0.3 is 9.84 Å². The Morgan fingerprint density at radius 1 is 1.24 bits per heavy atom. The third-order valence-corrected chi connectivity index (χ3v) is 2.31. The molecule has 2 aromatic carbocycles. The normalized spacial score (nSPS) is 10.8. The molecule has 0 aliphatic carbocycles. The molecule has 0 aliphatic heterocycles. The molecule has 0 aliphatic rings. The molecule has 88 valence electrons. The second-order valence-electron chi connectivity index (χ2n) is 3.37. The van der Waals surface area contributed by atoms with Crippen LogP contribution >= 0.6 is 0 Å². The van der Waals surface area contributed by atoms with Crippen LogP contribution in [0.4, 0.5) is 8.78 Å². The summed E-state index contributed by atoms with van der Waals surface area (Å²) in [6, 6.07) is 8.81. The molecular weight excluding hydrogens is 230 g/mol. The van der Waals surface area contributed by atoms with E-state index >= 15 is 0 Å². The zero-order chi connectivity index (χ0) is 12.4. The third-order valence-electron chi connectivity index (χ3n) is 2.31. The molecule has 2 rings (SSSR count). The number of rotatable bonds is 3. The van der Waals surface area contributed by atoms with Gasteiger partial charge in [-0.25, -0.2) is 4.79 Å². The van der Waals surface area contributed by atoms with E-state index in [4.69, 9.17) is 5.11 Å². The van der Waals surface area contributed by atoms with Gasteiger partial charge in [-0.05, 0) is 35.0 Å². The van der Waals surface area contributed by atoms with Crippen molar-refractivity contribution in [1.29, 1.82) is 0 Å². The predicted molar refractivity (Wildman–Crippen MR) is 57.5 cm³/mol. The maximum Gasteiger partial charge on any atom is 0.387 e. The fourth-order valence-corrected chi connectivity index (χ4v) is 1.62. The maximum atomic E-state index is 12.0. The summed E-state index contributed by atoms with van der Waals surface area (Å²) in [5, 5.41) is 9.98. The molecule has 17 heavy (non-hydrogen) atoms. The second-order valence-corrected chi connectivity index (χ2v) is 3.37. The standard InChI is InChI=1S/C12H8F2O3/c13-12(14)17-8-4-5-9-7(6-8)2-1-3-10(9)11(15)16/h1-6,12H,(H,15,16). The summed E-state index contributed by atoms with van der Waals surface area (Å²) in [5.41, 5.74) is 0.131. The van der Waals surface area contributed by atoms with Crippen molar-refractivity contribution in [3.05, 3.63) is 42.0 Å². The monoisotopic (exact) mass is 238 g/mol. The number of alkyl halides is 2. The molecule has 0 heterocycles. The van der Waals surface area contributed by atoms with Gasteiger partial charge in [0.15, 0.2) is 0 Å². The van der Waals surface area contributed by atoms with Gasteiger partial charge in [-0.3, -0.25) is 0 Å². The van der Waals surface area contributed by atoms with Gasteiger partial charge in [0.1, 0.15) is 5.75 Å². The Morgan fingerprint density at radius 3 is 2.65 bits per heavy atom. The van der Waals surface area contributed by atoms with Crippen LogP contribution in [-0.2, 0) is 0 Å². The number of halogens is 2. The van der Waals surface area contributed by atoms with Crippen molar-refractivity contribution < 1.29 is 23.4 Å². The molecule has 0 bridgehead atoms. The molecule has 0 fully saturated rings. The molecule has 0 saturated heterocycles. The molecule has 0 atom stereocenters. The number of fused-ring (bicyclic) bond motifs is 1. The first-order valence-electron chi connectivity index (χ1n) is 4.79. The Hall–Kier alpha value is -2.17. The Bertz CT molecular complexity index is 567. The minimum Gasteiger partial charge on any atom is -0.478 e. The molecule has 0 unspecified atom stereocenters. The summed E-state index contributed by atoms with van der Waals surface area (Å²) in [7, 11) is 0. The predicted octanol–water partition coefficient (Wildman–Crippen LogP) is 3.14. The first-order chi connectivity index (χ1) is 8.08. The zero-order valence-corrected chi connectivity index (χ0v) is 8.56. The molecule has 5 heteroatoms. The van der Waals surface area contributed by atoms with Gasteiger partial charge in [-0.2, -0.15) is 8.78 Å². The third kappa shape index (κ3) is 2.33. The molecule has 0 aromatic heterocycles. The van der Waals surface area contributed by atoms with Crippen LogP contribution in [-0.4, -0.2) is 17.7 Å². The highest BCUT2D eigenvalue weighted by Gasteiger charge is 2.09. The number of benzene rings is 2. The molecule has 0 spiro atoms. The van der Waals surface area contributed by atoms with Crippen molar-refractivity contribution in [1.82, 2.24) is 0 Å². The fraction of sp³-hybridized carbons (Fsp3) is 0.0833. The smallest absolute Gasteiger partial charge is 0.387 e. The van der Waals surface area contributed by atoms with Crippen molar-refractivity contribution in [2.45, 2.75) is 6.61 Å². The van der Waals surface area contributed by atoms with Gasteiger partial charge in [0, 0.05) is 0 Å². The molecular formula is C12H8F2O3. The van der Waals surface area contributed by atoms with E-state index in [9.17, 15) is 13.6 Å². The number of aromatic carboxylic acids is 1. The first-order valence-corrected chi connectivity index (χ1v) is 4.79. The number of carboxylic acid groups (broad SMARTS) is 1. The van der Waals surface area contributed by atoms with Crippen LogP contribution in [0.1, 0.15) is 10.4 Å². The SMILES string of the molecule is O=C(O)c1cccc2cc(OC(F)F)ccc12. The number of carboxylic acids is 1. The highest BCUT2D eigenvalue weighted by molar-refractivity contribution is 6.03. The van der Waals surface area contributed by atoms with Gasteiger partial charge in [-0.15, -0.1) is 0 Å². The lowest BCUT2D eigenvalue weighted by Crippen LogP contribution is -2.02. The summed E-state index contributed by atoms with van der Waals surface area (Å²) < 4.78 is 28.3. The van der Waals surface area contributed by atoms with E-state index in [1.807, 2.05) is 0 Å². The van der Waals surface area contributed by atoms with E-state index in [-0.39, 0.29) is 11.3 Å². The van der Waals surface area contributed by atoms with E-state index in [2.05, 4.69) is 4.74 Å². The van der Waals surface area contributed by atoms with Gasteiger partial charge in [0.25, 0.3) is 0 Å². The largest absolute Gasteiger partial charge is 0.478 e. The number of carbonyl (C=O) groups is 1. The lowest BCUT2D eigenvalue weighted by atomic mass is 10.0. The van der Waals surface area contributed by atoms with Crippen LogP contribution in [0, 0.1) is 0 Å². The quantitative estimate of drug-likeness (QED) is 0.893. The fourth-order valence-electron chi connectivity index (χ4n) is 1.62. The minimum absolute atomic E-state index is 0.00930. The molecule has 2 aromatic rings. The highest BCUT2D eigenvalue weighted by atomic mass is 19.3. The number of hydrogen-bond acceptors (Lipinski definition) is 2. The molecule has 1 N–H and O–H groups in total. The lowest BCUT2D eigenvalue weighted by Gasteiger charge is -2.07. The van der Waals surface area contributed by atoms with Crippen LogP contribution in [0.3, 0.4) is 0 Å². The zero-order valence-electron chi connectivity index (χ0n) is 8.56. The highest BCUT2D eigenvalue weighted by Crippen LogP contribution is 2.24. The summed E-state index contributed by atoms with van der Waals surface area (Å²) in [6.45, 7) is -2.89. The van der Waals surface area contributed by atoms with Crippen molar-refractivity contribution in [2.24, 2.45) is 0 Å². The molecule has 0 amide bonds. The Morgan fingerprint density at radius 2 is 2.00 bits per heavy atom. The van der Waals surface area contributed by atoms with Crippen LogP contribution in [0.5, 0.6) is 5.75 Å². The Kier molecular flexibility index (Phi) is 2.91. The minimum atomic E-state index is -2.89. The van der Waals surface area contributed by atoms with Crippen LogP contribution < -0.4 is 4.74 Å². The number of ether oxygens (including phenoxy) is 1.